The molecule has 2 aromatic rings. The molecule has 9 heteroatoms. The van der Waals surface area contributed by atoms with E-state index in [1.165, 1.54) is 4.90 Å². The average Bonchev–Trinajstić information content (AvgIpc) is 2.67. The number of hydrogen-bond donors (Lipinski definition) is 0. The van der Waals surface area contributed by atoms with Gasteiger partial charge in [0.05, 0.1) is 5.75 Å². The molecular weight excluding hydrogens is 374 g/mol. The highest BCUT2D eigenvalue weighted by Gasteiger charge is 2.38. The van der Waals surface area contributed by atoms with Crippen LogP contribution < -0.4 is 9.80 Å². The van der Waals surface area contributed by atoms with Gasteiger partial charge in [-0.25, -0.2) is 12.8 Å². The van der Waals surface area contributed by atoms with E-state index in [1.807, 2.05) is 0 Å². The molecule has 0 radical (unpaired) electrons. The molecule has 6 nitrogen and oxygen atoms in total. The summed E-state index contributed by atoms with van der Waals surface area (Å²) in [5.74, 6) is -2.35. The Balaban J connectivity index is 1.80. The molecule has 0 unspecified atom stereocenters. The first-order valence-corrected chi connectivity index (χ1v) is 10.6. The fraction of sp³-hybridized carbons (Fsp3) is 0.444. The Bertz CT molecular complexity index is 948. The SMILES string of the molecule is O=S1(=O)CCN(Cc2cccnc2)c2c(F)nc(N3CCCCC3)c(F)c21. The van der Waals surface area contributed by atoms with E-state index in [0.717, 1.165) is 24.8 Å². The van der Waals surface area contributed by atoms with Gasteiger partial charge in [0.1, 0.15) is 10.6 Å². The smallest absolute Gasteiger partial charge is 0.239 e. The Morgan fingerprint density at radius 3 is 2.59 bits per heavy atom. The number of sulfone groups is 1. The molecule has 0 aromatic carbocycles. The molecule has 0 bridgehead atoms. The topological polar surface area (TPSA) is 66.4 Å². The van der Waals surface area contributed by atoms with Gasteiger partial charge in [0.2, 0.25) is 5.95 Å². The summed E-state index contributed by atoms with van der Waals surface area (Å²) in [4.78, 5) is 10.4. The normalized spacial score (nSPS) is 19.0. The number of nitrogens with zero attached hydrogens (tertiary/aromatic N) is 4. The van der Waals surface area contributed by atoms with Crippen LogP contribution in [0.4, 0.5) is 20.3 Å². The maximum Gasteiger partial charge on any atom is 0.239 e. The van der Waals surface area contributed by atoms with Gasteiger partial charge in [-0.3, -0.25) is 4.98 Å². The van der Waals surface area contributed by atoms with Crippen LogP contribution in [0.1, 0.15) is 24.8 Å². The first kappa shape index (κ1) is 18.1. The molecule has 2 aromatic heterocycles. The standard InChI is InChI=1S/C18H20F2N4O2S/c19-14-16-15(17(20)22-18(14)23-7-2-1-3-8-23)24(9-10-27(16,25)26)12-13-5-4-6-21-11-13/h4-6,11H,1-3,7-10,12H2. The zero-order valence-electron chi connectivity index (χ0n) is 14.7. The molecule has 0 aliphatic carbocycles. The van der Waals surface area contributed by atoms with Crippen LogP contribution in [0.5, 0.6) is 0 Å². The van der Waals surface area contributed by atoms with Gasteiger partial charge in [0.25, 0.3) is 0 Å². The summed E-state index contributed by atoms with van der Waals surface area (Å²) in [5.41, 5.74) is 0.506. The molecule has 2 aliphatic rings. The third-order valence-corrected chi connectivity index (χ3v) is 6.73. The summed E-state index contributed by atoms with van der Waals surface area (Å²) >= 11 is 0. The van der Waals surface area contributed by atoms with E-state index in [0.29, 0.717) is 13.1 Å². The molecule has 1 saturated heterocycles. The van der Waals surface area contributed by atoms with Gasteiger partial charge < -0.3 is 9.80 Å². The van der Waals surface area contributed by atoms with Gasteiger partial charge in [-0.05, 0) is 30.9 Å². The maximum atomic E-state index is 15.2. The summed E-state index contributed by atoms with van der Waals surface area (Å²) in [7, 11) is -3.92. The van der Waals surface area contributed by atoms with Crippen molar-refractivity contribution < 1.29 is 17.2 Å². The van der Waals surface area contributed by atoms with Gasteiger partial charge in [-0.1, -0.05) is 6.07 Å². The monoisotopic (exact) mass is 394 g/mol. The molecule has 4 rings (SSSR count). The van der Waals surface area contributed by atoms with Crippen molar-refractivity contribution in [2.75, 3.05) is 35.2 Å². The lowest BCUT2D eigenvalue weighted by Gasteiger charge is -2.33. The minimum Gasteiger partial charge on any atom is -0.361 e. The van der Waals surface area contributed by atoms with Crippen LogP contribution in [0.2, 0.25) is 0 Å². The lowest BCUT2D eigenvalue weighted by Crippen LogP contribution is -2.38. The zero-order valence-corrected chi connectivity index (χ0v) is 15.6. The van der Waals surface area contributed by atoms with Crippen molar-refractivity contribution in [3.8, 4) is 0 Å². The maximum absolute atomic E-state index is 15.2. The third-order valence-electron chi connectivity index (χ3n) is 5.02. The van der Waals surface area contributed by atoms with E-state index in [9.17, 15) is 12.8 Å². The Kier molecular flexibility index (Phi) is 4.71. The van der Waals surface area contributed by atoms with E-state index >= 15 is 4.39 Å². The van der Waals surface area contributed by atoms with Gasteiger partial charge in [0.15, 0.2) is 21.5 Å². The fourth-order valence-corrected chi connectivity index (χ4v) is 5.22. The van der Waals surface area contributed by atoms with Crippen molar-refractivity contribution in [2.24, 2.45) is 0 Å². The molecule has 0 amide bonds. The number of halogens is 2. The second-order valence-corrected chi connectivity index (χ2v) is 8.91. The molecule has 0 N–H and O–H groups in total. The van der Waals surface area contributed by atoms with E-state index in [4.69, 9.17) is 0 Å². The number of pyridine rings is 2. The Hall–Kier alpha value is -2.29. The summed E-state index contributed by atoms with van der Waals surface area (Å²) in [6.07, 6.45) is 5.94. The average molecular weight is 394 g/mol. The van der Waals surface area contributed by atoms with Crippen molar-refractivity contribution in [2.45, 2.75) is 30.7 Å². The van der Waals surface area contributed by atoms with Crippen LogP contribution in [0.3, 0.4) is 0 Å². The van der Waals surface area contributed by atoms with Gasteiger partial charge in [0, 0.05) is 38.6 Å². The lowest BCUT2D eigenvalue weighted by atomic mass is 10.1. The molecule has 2 aliphatic heterocycles. The van der Waals surface area contributed by atoms with Crippen molar-refractivity contribution in [1.29, 1.82) is 0 Å². The molecule has 0 atom stereocenters. The van der Waals surface area contributed by atoms with Gasteiger partial charge in [-0.15, -0.1) is 0 Å². The molecule has 27 heavy (non-hydrogen) atoms. The Labute approximate surface area is 156 Å². The summed E-state index contributed by atoms with van der Waals surface area (Å²) in [5, 5.41) is 0. The minimum atomic E-state index is -3.92. The van der Waals surface area contributed by atoms with Crippen LogP contribution in [0.15, 0.2) is 29.4 Å². The van der Waals surface area contributed by atoms with Crippen LogP contribution in [0.25, 0.3) is 0 Å². The second-order valence-electron chi connectivity index (χ2n) is 6.87. The predicted molar refractivity (Wildman–Crippen MR) is 97.6 cm³/mol. The zero-order chi connectivity index (χ0) is 19.0. The van der Waals surface area contributed by atoms with Gasteiger partial charge >= 0.3 is 0 Å². The van der Waals surface area contributed by atoms with Crippen LogP contribution in [0, 0.1) is 11.8 Å². The Morgan fingerprint density at radius 1 is 1.11 bits per heavy atom. The molecule has 4 heterocycles. The summed E-state index contributed by atoms with van der Waals surface area (Å²) < 4.78 is 55.3. The van der Waals surface area contributed by atoms with Crippen LogP contribution in [-0.4, -0.2) is 43.8 Å². The molecule has 0 spiro atoms. The van der Waals surface area contributed by atoms with Crippen molar-refractivity contribution >= 4 is 21.3 Å². The van der Waals surface area contributed by atoms with Gasteiger partial charge in [-0.2, -0.15) is 9.37 Å². The van der Waals surface area contributed by atoms with Crippen molar-refractivity contribution in [3.05, 3.63) is 41.9 Å². The highest BCUT2D eigenvalue weighted by molar-refractivity contribution is 7.91. The first-order chi connectivity index (χ1) is 13.0. The fourth-order valence-electron chi connectivity index (χ4n) is 3.68. The van der Waals surface area contributed by atoms with Crippen LogP contribution >= 0.6 is 0 Å². The third kappa shape index (κ3) is 3.36. The first-order valence-electron chi connectivity index (χ1n) is 8.98. The second kappa shape index (κ2) is 7.03. The van der Waals surface area contributed by atoms with E-state index in [1.54, 1.807) is 29.4 Å². The molecule has 144 valence electrons. The minimum absolute atomic E-state index is 0.0747. The summed E-state index contributed by atoms with van der Waals surface area (Å²) in [6, 6.07) is 3.55. The van der Waals surface area contributed by atoms with Crippen molar-refractivity contribution in [3.63, 3.8) is 0 Å². The highest BCUT2D eigenvalue weighted by atomic mass is 32.2. The van der Waals surface area contributed by atoms with E-state index in [2.05, 4.69) is 9.97 Å². The quantitative estimate of drug-likeness (QED) is 0.746. The van der Waals surface area contributed by atoms with Crippen molar-refractivity contribution in [1.82, 2.24) is 9.97 Å². The number of rotatable bonds is 3. The number of hydrogen-bond acceptors (Lipinski definition) is 6. The highest BCUT2D eigenvalue weighted by Crippen LogP contribution is 2.39. The molecular formula is C18H20F2N4O2S. The number of aromatic nitrogens is 2. The number of piperidine rings is 1. The largest absolute Gasteiger partial charge is 0.361 e. The van der Waals surface area contributed by atoms with E-state index < -0.39 is 26.5 Å². The number of anilines is 2. The lowest BCUT2D eigenvalue weighted by molar-refractivity contribution is 0.499. The van der Waals surface area contributed by atoms with Crippen LogP contribution in [-0.2, 0) is 16.4 Å². The van der Waals surface area contributed by atoms with E-state index in [-0.39, 0.29) is 30.3 Å². The molecule has 1 fully saturated rings. The predicted octanol–water partition coefficient (Wildman–Crippen LogP) is 2.54. The summed E-state index contributed by atoms with van der Waals surface area (Å²) in [6.45, 7) is 1.39. The Morgan fingerprint density at radius 2 is 1.89 bits per heavy atom. The number of fused-ring (bicyclic) bond motifs is 1. The molecule has 0 saturated carbocycles.